The SMILES string of the molecule is Cc1ccc(C(C(=O)Nc2nnc(N[C@@H]3CCN(c4cccnn4)C3)s2)N(C)C)cc1. The van der Waals surface area contributed by atoms with Gasteiger partial charge < -0.3 is 10.2 Å². The van der Waals surface area contributed by atoms with Gasteiger partial charge in [-0.25, -0.2) is 0 Å². The number of nitrogens with one attached hydrogen (secondary N) is 2. The Balaban J connectivity index is 1.36. The molecule has 162 valence electrons. The van der Waals surface area contributed by atoms with Gasteiger partial charge in [-0.3, -0.25) is 15.0 Å². The van der Waals surface area contributed by atoms with Crippen LogP contribution in [0.15, 0.2) is 42.6 Å². The number of rotatable bonds is 7. The molecule has 9 nitrogen and oxygen atoms in total. The normalized spacial score (nSPS) is 17.0. The van der Waals surface area contributed by atoms with Crippen LogP contribution in [0, 0.1) is 6.92 Å². The minimum atomic E-state index is -0.406. The molecule has 0 spiro atoms. The number of aryl methyl sites for hydroxylation is 1. The Labute approximate surface area is 185 Å². The topological polar surface area (TPSA) is 99.2 Å². The molecule has 3 aromatic rings. The number of hydrogen-bond acceptors (Lipinski definition) is 9. The average molecular weight is 439 g/mol. The van der Waals surface area contributed by atoms with Crippen LogP contribution in [-0.2, 0) is 4.79 Å². The van der Waals surface area contributed by atoms with Gasteiger partial charge in [0, 0.05) is 25.3 Å². The smallest absolute Gasteiger partial charge is 0.248 e. The summed E-state index contributed by atoms with van der Waals surface area (Å²) in [6, 6.07) is 11.7. The van der Waals surface area contributed by atoms with E-state index in [1.165, 1.54) is 11.3 Å². The summed E-state index contributed by atoms with van der Waals surface area (Å²) in [5.74, 6) is 0.745. The Morgan fingerprint density at radius 2 is 1.94 bits per heavy atom. The van der Waals surface area contributed by atoms with E-state index in [0.29, 0.717) is 10.3 Å². The van der Waals surface area contributed by atoms with Crippen molar-refractivity contribution in [3.05, 3.63) is 53.7 Å². The summed E-state index contributed by atoms with van der Waals surface area (Å²) >= 11 is 1.34. The molecule has 10 heteroatoms. The zero-order valence-corrected chi connectivity index (χ0v) is 18.6. The quantitative estimate of drug-likeness (QED) is 0.581. The van der Waals surface area contributed by atoms with Gasteiger partial charge in [-0.1, -0.05) is 41.2 Å². The highest BCUT2D eigenvalue weighted by Crippen LogP contribution is 2.26. The van der Waals surface area contributed by atoms with E-state index in [0.717, 1.165) is 36.5 Å². The first kappa shape index (κ1) is 21.1. The van der Waals surface area contributed by atoms with E-state index < -0.39 is 6.04 Å². The summed E-state index contributed by atoms with van der Waals surface area (Å²) in [5.41, 5.74) is 2.09. The van der Waals surface area contributed by atoms with E-state index >= 15 is 0 Å². The third kappa shape index (κ3) is 5.15. The first-order valence-electron chi connectivity index (χ1n) is 10.2. The van der Waals surface area contributed by atoms with Crippen molar-refractivity contribution in [2.75, 3.05) is 42.7 Å². The molecular formula is C21H26N8OS. The van der Waals surface area contributed by atoms with E-state index in [1.807, 2.05) is 62.3 Å². The molecule has 2 atom stereocenters. The van der Waals surface area contributed by atoms with Gasteiger partial charge in [0.15, 0.2) is 5.82 Å². The number of likely N-dealkylation sites (N-methyl/N-ethyl adjacent to an activating group) is 1. The predicted octanol–water partition coefficient (Wildman–Crippen LogP) is 2.57. The monoisotopic (exact) mass is 438 g/mol. The zero-order chi connectivity index (χ0) is 21.8. The summed E-state index contributed by atoms with van der Waals surface area (Å²) in [6.07, 6.45) is 2.64. The van der Waals surface area contributed by atoms with Crippen molar-refractivity contribution >= 4 is 33.3 Å². The van der Waals surface area contributed by atoms with Crippen LogP contribution in [0.25, 0.3) is 0 Å². The van der Waals surface area contributed by atoms with Gasteiger partial charge in [0.1, 0.15) is 6.04 Å². The van der Waals surface area contributed by atoms with Gasteiger partial charge in [-0.2, -0.15) is 5.10 Å². The third-order valence-electron chi connectivity index (χ3n) is 5.21. The van der Waals surface area contributed by atoms with Crippen LogP contribution in [0.2, 0.25) is 0 Å². The molecule has 1 saturated heterocycles. The number of carbonyl (C=O) groups is 1. The number of amides is 1. The lowest BCUT2D eigenvalue weighted by Gasteiger charge is -2.23. The van der Waals surface area contributed by atoms with E-state index in [9.17, 15) is 4.79 Å². The molecular weight excluding hydrogens is 412 g/mol. The Morgan fingerprint density at radius 3 is 2.65 bits per heavy atom. The van der Waals surface area contributed by atoms with Crippen molar-refractivity contribution in [3.63, 3.8) is 0 Å². The van der Waals surface area contributed by atoms with Gasteiger partial charge in [0.2, 0.25) is 16.2 Å². The summed E-state index contributed by atoms with van der Waals surface area (Å²) in [4.78, 5) is 17.0. The molecule has 1 aromatic carbocycles. The highest BCUT2D eigenvalue weighted by Gasteiger charge is 2.26. The van der Waals surface area contributed by atoms with Crippen LogP contribution in [-0.4, -0.2) is 64.4 Å². The van der Waals surface area contributed by atoms with Crippen LogP contribution >= 0.6 is 11.3 Å². The number of benzene rings is 1. The Kier molecular flexibility index (Phi) is 6.38. The van der Waals surface area contributed by atoms with Gasteiger partial charge in [0.05, 0.1) is 0 Å². The van der Waals surface area contributed by atoms with E-state index in [2.05, 4.69) is 35.9 Å². The summed E-state index contributed by atoms with van der Waals surface area (Å²) < 4.78 is 0. The summed E-state index contributed by atoms with van der Waals surface area (Å²) in [7, 11) is 3.78. The number of aromatic nitrogens is 4. The van der Waals surface area contributed by atoms with Gasteiger partial charge >= 0.3 is 0 Å². The lowest BCUT2D eigenvalue weighted by atomic mass is 10.0. The lowest BCUT2D eigenvalue weighted by molar-refractivity contribution is -0.120. The fourth-order valence-electron chi connectivity index (χ4n) is 3.66. The van der Waals surface area contributed by atoms with E-state index in [-0.39, 0.29) is 11.9 Å². The molecule has 0 radical (unpaired) electrons. The highest BCUT2D eigenvalue weighted by atomic mass is 32.1. The Morgan fingerprint density at radius 1 is 1.16 bits per heavy atom. The molecule has 1 aliphatic heterocycles. The van der Waals surface area contributed by atoms with Gasteiger partial charge in [-0.05, 0) is 45.1 Å². The second-order valence-corrected chi connectivity index (χ2v) is 8.81. The maximum absolute atomic E-state index is 12.9. The molecule has 2 aromatic heterocycles. The van der Waals surface area contributed by atoms with Crippen molar-refractivity contribution < 1.29 is 4.79 Å². The number of carbonyl (C=O) groups excluding carboxylic acids is 1. The maximum atomic E-state index is 12.9. The molecule has 1 aliphatic rings. The van der Waals surface area contributed by atoms with Crippen molar-refractivity contribution in [2.24, 2.45) is 0 Å². The molecule has 2 N–H and O–H groups in total. The zero-order valence-electron chi connectivity index (χ0n) is 17.8. The summed E-state index contributed by atoms with van der Waals surface area (Å²) in [6.45, 7) is 3.75. The minimum Gasteiger partial charge on any atom is -0.355 e. The average Bonchev–Trinajstić information content (AvgIpc) is 3.40. The highest BCUT2D eigenvalue weighted by molar-refractivity contribution is 7.19. The van der Waals surface area contributed by atoms with Gasteiger partial charge in [0.25, 0.3) is 0 Å². The molecule has 0 aliphatic carbocycles. The number of anilines is 3. The molecule has 0 saturated carbocycles. The Hall–Kier alpha value is -3.11. The fraction of sp³-hybridized carbons (Fsp3) is 0.381. The lowest BCUT2D eigenvalue weighted by Crippen LogP contribution is -2.32. The minimum absolute atomic E-state index is 0.133. The third-order valence-corrected chi connectivity index (χ3v) is 5.98. The maximum Gasteiger partial charge on any atom is 0.248 e. The first-order valence-corrected chi connectivity index (χ1v) is 11.0. The predicted molar refractivity (Wildman–Crippen MR) is 122 cm³/mol. The molecule has 1 unspecified atom stereocenters. The van der Waals surface area contributed by atoms with E-state index in [1.54, 1.807) is 6.20 Å². The van der Waals surface area contributed by atoms with Crippen LogP contribution in [0.3, 0.4) is 0 Å². The van der Waals surface area contributed by atoms with Crippen LogP contribution in [0.1, 0.15) is 23.6 Å². The summed E-state index contributed by atoms with van der Waals surface area (Å²) in [5, 5.41) is 24.0. The number of hydrogen-bond donors (Lipinski definition) is 2. The fourth-order valence-corrected chi connectivity index (χ4v) is 4.39. The largest absolute Gasteiger partial charge is 0.355 e. The standard InChI is InChI=1S/C21H26N8OS/c1-14-6-8-15(9-7-14)18(28(2)3)19(30)24-21-27-26-20(31-21)23-16-10-12-29(13-16)17-5-4-11-22-25-17/h4-9,11,16,18H,10,12-13H2,1-3H3,(H,23,26)(H,24,27,30)/t16-,18?/m1/s1. The second kappa shape index (κ2) is 9.36. The Bertz CT molecular complexity index is 1010. The first-order chi connectivity index (χ1) is 15.0. The van der Waals surface area contributed by atoms with Gasteiger partial charge in [-0.15, -0.1) is 15.3 Å². The van der Waals surface area contributed by atoms with Crippen LogP contribution in [0.5, 0.6) is 0 Å². The van der Waals surface area contributed by atoms with Crippen molar-refractivity contribution in [3.8, 4) is 0 Å². The van der Waals surface area contributed by atoms with Crippen molar-refractivity contribution in [1.29, 1.82) is 0 Å². The van der Waals surface area contributed by atoms with E-state index in [4.69, 9.17) is 0 Å². The molecule has 3 heterocycles. The van der Waals surface area contributed by atoms with Crippen LogP contribution < -0.4 is 15.5 Å². The molecule has 31 heavy (non-hydrogen) atoms. The molecule has 1 amide bonds. The van der Waals surface area contributed by atoms with Crippen molar-refractivity contribution in [1.82, 2.24) is 25.3 Å². The number of nitrogens with zero attached hydrogens (tertiary/aromatic N) is 6. The molecule has 0 bridgehead atoms. The molecule has 4 rings (SSSR count). The second-order valence-electron chi connectivity index (χ2n) is 7.84. The van der Waals surface area contributed by atoms with Crippen LogP contribution in [0.4, 0.5) is 16.1 Å². The molecule has 1 fully saturated rings. The van der Waals surface area contributed by atoms with Crippen molar-refractivity contribution in [2.45, 2.75) is 25.4 Å².